The maximum atomic E-state index is 9.54. The summed E-state index contributed by atoms with van der Waals surface area (Å²) < 4.78 is 1.92. The van der Waals surface area contributed by atoms with E-state index in [0.717, 1.165) is 30.6 Å². The van der Waals surface area contributed by atoms with Crippen molar-refractivity contribution in [3.05, 3.63) is 11.9 Å². The van der Waals surface area contributed by atoms with Gasteiger partial charge in [-0.3, -0.25) is 4.68 Å². The molecule has 0 radical (unpaired) electrons. The summed E-state index contributed by atoms with van der Waals surface area (Å²) in [5, 5.41) is 14.1. The average molecular weight is 223 g/mol. The number of aromatic nitrogens is 2. The van der Waals surface area contributed by atoms with Gasteiger partial charge in [-0.25, -0.2) is 0 Å². The molecular formula is C12H21N3O. The molecule has 0 unspecified atom stereocenters. The Morgan fingerprint density at radius 2 is 2.12 bits per heavy atom. The van der Waals surface area contributed by atoms with Crippen molar-refractivity contribution >= 4 is 5.69 Å². The first-order chi connectivity index (χ1) is 7.38. The summed E-state index contributed by atoms with van der Waals surface area (Å²) in [6.07, 6.45) is 4.38. The van der Waals surface area contributed by atoms with E-state index in [0.29, 0.717) is 5.92 Å². The fraction of sp³-hybridized carbons (Fsp3) is 0.750. The maximum absolute atomic E-state index is 9.54. The molecule has 1 aromatic heterocycles. The molecule has 16 heavy (non-hydrogen) atoms. The molecule has 0 saturated heterocycles. The van der Waals surface area contributed by atoms with E-state index >= 15 is 0 Å². The first kappa shape index (κ1) is 11.5. The highest BCUT2D eigenvalue weighted by molar-refractivity contribution is 5.43. The molecule has 1 aliphatic rings. The van der Waals surface area contributed by atoms with Gasteiger partial charge >= 0.3 is 0 Å². The van der Waals surface area contributed by atoms with Crippen molar-refractivity contribution in [3.8, 4) is 0 Å². The van der Waals surface area contributed by atoms with Crippen LogP contribution in [0.3, 0.4) is 0 Å². The van der Waals surface area contributed by atoms with Gasteiger partial charge in [0, 0.05) is 12.1 Å². The zero-order valence-electron chi connectivity index (χ0n) is 10.3. The topological polar surface area (TPSA) is 64.1 Å². The number of nitrogens with zero attached hydrogens (tertiary/aromatic N) is 2. The molecule has 0 aromatic carbocycles. The van der Waals surface area contributed by atoms with Crippen LogP contribution in [0, 0.1) is 0 Å². The van der Waals surface area contributed by atoms with Crippen LogP contribution in [0.25, 0.3) is 0 Å². The highest BCUT2D eigenvalue weighted by Crippen LogP contribution is 2.36. The average Bonchev–Trinajstić information content (AvgIpc) is 2.70. The Balaban J connectivity index is 2.25. The Bertz CT molecular complexity index is 378. The van der Waals surface area contributed by atoms with Crippen LogP contribution in [-0.4, -0.2) is 21.0 Å². The maximum Gasteiger partial charge on any atom is 0.0885 e. The molecule has 1 saturated carbocycles. The van der Waals surface area contributed by atoms with Gasteiger partial charge in [0.15, 0.2) is 0 Å². The first-order valence-electron chi connectivity index (χ1n) is 5.91. The van der Waals surface area contributed by atoms with Gasteiger partial charge in [-0.1, -0.05) is 0 Å². The number of rotatable bonds is 1. The summed E-state index contributed by atoms with van der Waals surface area (Å²) in [6.45, 7) is 6.31. The van der Waals surface area contributed by atoms with E-state index in [2.05, 4.69) is 25.9 Å². The lowest BCUT2D eigenvalue weighted by Gasteiger charge is -2.19. The molecule has 1 aromatic rings. The van der Waals surface area contributed by atoms with Crippen LogP contribution >= 0.6 is 0 Å². The number of aliphatic hydroxyl groups is 1. The summed E-state index contributed by atoms with van der Waals surface area (Å²) in [7, 11) is 0. The van der Waals surface area contributed by atoms with Crippen LogP contribution in [0.2, 0.25) is 0 Å². The van der Waals surface area contributed by atoms with Gasteiger partial charge in [-0.05, 0) is 40.0 Å². The monoisotopic (exact) mass is 223 g/mol. The fourth-order valence-electron chi connectivity index (χ4n) is 2.27. The molecule has 1 aliphatic carbocycles. The number of anilines is 1. The highest BCUT2D eigenvalue weighted by atomic mass is 16.3. The molecular weight excluding hydrogens is 202 g/mol. The van der Waals surface area contributed by atoms with E-state index in [1.54, 1.807) is 0 Å². The van der Waals surface area contributed by atoms with E-state index in [-0.39, 0.29) is 11.6 Å². The molecule has 1 fully saturated rings. The Kier molecular flexibility index (Phi) is 2.70. The second-order valence-corrected chi connectivity index (χ2v) is 5.75. The van der Waals surface area contributed by atoms with Gasteiger partial charge in [0.2, 0.25) is 0 Å². The largest absolute Gasteiger partial charge is 0.396 e. The molecule has 0 amide bonds. The number of nitrogen functional groups attached to an aromatic ring is 1. The predicted octanol–water partition coefficient (Wildman–Crippen LogP) is 1.85. The van der Waals surface area contributed by atoms with Crippen LogP contribution in [-0.2, 0) is 5.54 Å². The van der Waals surface area contributed by atoms with Gasteiger partial charge in [0.25, 0.3) is 0 Å². The van der Waals surface area contributed by atoms with Gasteiger partial charge in [0.05, 0.1) is 23.0 Å². The molecule has 4 heteroatoms. The van der Waals surface area contributed by atoms with Crippen LogP contribution in [0.15, 0.2) is 6.20 Å². The lowest BCUT2D eigenvalue weighted by Crippen LogP contribution is -2.22. The predicted molar refractivity (Wildman–Crippen MR) is 64.2 cm³/mol. The Morgan fingerprint density at radius 3 is 2.56 bits per heavy atom. The van der Waals surface area contributed by atoms with E-state index < -0.39 is 0 Å². The zero-order valence-corrected chi connectivity index (χ0v) is 10.3. The molecule has 1 heterocycles. The summed E-state index contributed by atoms with van der Waals surface area (Å²) >= 11 is 0. The molecule has 90 valence electrons. The minimum atomic E-state index is -0.177. The molecule has 0 aliphatic heterocycles. The summed E-state index contributed by atoms with van der Waals surface area (Å²) in [6, 6.07) is 0. The third-order valence-electron chi connectivity index (χ3n) is 3.25. The number of hydrogen-bond donors (Lipinski definition) is 2. The standard InChI is InChI=1S/C12H21N3O/c1-12(2,3)15-7-10(13)11(14-15)8-4-5-9(16)6-8/h7-9,16H,4-6,13H2,1-3H3/t8-,9+/m0/s1. The van der Waals surface area contributed by atoms with Gasteiger partial charge < -0.3 is 10.8 Å². The smallest absolute Gasteiger partial charge is 0.0885 e. The molecule has 4 nitrogen and oxygen atoms in total. The van der Waals surface area contributed by atoms with Crippen LogP contribution < -0.4 is 5.73 Å². The minimum Gasteiger partial charge on any atom is -0.396 e. The zero-order chi connectivity index (χ0) is 11.9. The van der Waals surface area contributed by atoms with Gasteiger partial charge in [-0.15, -0.1) is 0 Å². The van der Waals surface area contributed by atoms with Crippen molar-refractivity contribution in [1.29, 1.82) is 0 Å². The summed E-state index contributed by atoms with van der Waals surface area (Å²) in [5.74, 6) is 0.332. The van der Waals surface area contributed by atoms with E-state index in [9.17, 15) is 5.11 Å². The van der Waals surface area contributed by atoms with Crippen molar-refractivity contribution in [2.75, 3.05) is 5.73 Å². The van der Waals surface area contributed by atoms with Crippen molar-refractivity contribution in [1.82, 2.24) is 9.78 Å². The lowest BCUT2D eigenvalue weighted by atomic mass is 10.0. The molecule has 2 rings (SSSR count). The van der Waals surface area contributed by atoms with Crippen LogP contribution in [0.5, 0.6) is 0 Å². The minimum absolute atomic E-state index is 0.0381. The molecule has 2 atom stereocenters. The quantitative estimate of drug-likeness (QED) is 0.763. The van der Waals surface area contributed by atoms with Crippen molar-refractivity contribution in [2.24, 2.45) is 0 Å². The lowest BCUT2D eigenvalue weighted by molar-refractivity contribution is 0.181. The van der Waals surface area contributed by atoms with Gasteiger partial charge in [-0.2, -0.15) is 5.10 Å². The van der Waals surface area contributed by atoms with E-state index in [1.807, 2.05) is 10.9 Å². The highest BCUT2D eigenvalue weighted by Gasteiger charge is 2.29. The number of aliphatic hydroxyl groups excluding tert-OH is 1. The van der Waals surface area contributed by atoms with Crippen molar-refractivity contribution < 1.29 is 5.11 Å². The van der Waals surface area contributed by atoms with Crippen LogP contribution in [0.4, 0.5) is 5.69 Å². The van der Waals surface area contributed by atoms with Crippen molar-refractivity contribution in [3.63, 3.8) is 0 Å². The third-order valence-corrected chi connectivity index (χ3v) is 3.25. The Labute approximate surface area is 96.5 Å². The Hall–Kier alpha value is -1.03. The Morgan fingerprint density at radius 1 is 1.44 bits per heavy atom. The SMILES string of the molecule is CC(C)(C)n1cc(N)c([C@H]2CC[C@@H](O)C2)n1. The number of nitrogens with two attached hydrogens (primary N) is 1. The molecule has 0 bridgehead atoms. The van der Waals surface area contributed by atoms with E-state index in [4.69, 9.17) is 5.73 Å². The molecule has 3 N–H and O–H groups in total. The molecule has 0 spiro atoms. The first-order valence-corrected chi connectivity index (χ1v) is 5.91. The summed E-state index contributed by atoms with van der Waals surface area (Å²) in [4.78, 5) is 0. The fourth-order valence-corrected chi connectivity index (χ4v) is 2.27. The van der Waals surface area contributed by atoms with Gasteiger partial charge in [0.1, 0.15) is 0 Å². The normalized spacial score (nSPS) is 26.2. The van der Waals surface area contributed by atoms with Crippen LogP contribution in [0.1, 0.15) is 51.6 Å². The van der Waals surface area contributed by atoms with E-state index in [1.165, 1.54) is 0 Å². The third kappa shape index (κ3) is 2.07. The number of hydrogen-bond acceptors (Lipinski definition) is 3. The summed E-state index contributed by atoms with van der Waals surface area (Å²) in [5.41, 5.74) is 7.68. The van der Waals surface area contributed by atoms with Crippen molar-refractivity contribution in [2.45, 2.75) is 57.6 Å². The second-order valence-electron chi connectivity index (χ2n) is 5.75. The second kappa shape index (κ2) is 3.77.